The first-order valence-corrected chi connectivity index (χ1v) is 8.06. The Hall–Kier alpha value is -2.40. The fraction of sp³-hybridized carbons (Fsp3) is 0.316. The van der Waals surface area contributed by atoms with E-state index in [1.54, 1.807) is 6.07 Å². The SMILES string of the molecule is O=C(Nc1cc(F)cc(OCc2ccccc2)c1)C1CCOCC1. The van der Waals surface area contributed by atoms with Gasteiger partial charge in [0.25, 0.3) is 0 Å². The summed E-state index contributed by atoms with van der Waals surface area (Å²) in [5, 5.41) is 2.78. The first-order chi connectivity index (χ1) is 11.7. The Morgan fingerprint density at radius 3 is 2.67 bits per heavy atom. The molecule has 2 aromatic rings. The zero-order chi connectivity index (χ0) is 16.8. The number of halogens is 1. The van der Waals surface area contributed by atoms with E-state index in [1.165, 1.54) is 12.1 Å². The van der Waals surface area contributed by atoms with Crippen LogP contribution in [0.5, 0.6) is 5.75 Å². The van der Waals surface area contributed by atoms with Crippen molar-refractivity contribution in [1.82, 2.24) is 0 Å². The number of anilines is 1. The maximum absolute atomic E-state index is 13.8. The van der Waals surface area contributed by atoms with E-state index in [1.807, 2.05) is 30.3 Å². The molecule has 3 rings (SSSR count). The van der Waals surface area contributed by atoms with Crippen LogP contribution in [0.1, 0.15) is 18.4 Å². The summed E-state index contributed by atoms with van der Waals surface area (Å²) in [7, 11) is 0. The van der Waals surface area contributed by atoms with E-state index >= 15 is 0 Å². The van der Waals surface area contributed by atoms with Crippen LogP contribution < -0.4 is 10.1 Å². The third-order valence-electron chi connectivity index (χ3n) is 3.98. The molecule has 1 amide bonds. The molecule has 126 valence electrons. The Bertz CT molecular complexity index is 684. The molecule has 1 heterocycles. The van der Waals surface area contributed by atoms with E-state index < -0.39 is 5.82 Å². The predicted molar refractivity (Wildman–Crippen MR) is 89.3 cm³/mol. The topological polar surface area (TPSA) is 47.6 Å². The number of benzene rings is 2. The minimum atomic E-state index is -0.442. The summed E-state index contributed by atoms with van der Waals surface area (Å²) in [6, 6.07) is 13.9. The standard InChI is InChI=1S/C19H20FNO3/c20-16-10-17(21-19(22)15-6-8-23-9-7-15)12-18(11-16)24-13-14-4-2-1-3-5-14/h1-5,10-12,15H,6-9,13H2,(H,21,22). The van der Waals surface area contributed by atoms with Gasteiger partial charge in [0.15, 0.2) is 0 Å². The van der Waals surface area contributed by atoms with Crippen molar-refractivity contribution in [2.75, 3.05) is 18.5 Å². The predicted octanol–water partition coefficient (Wildman–Crippen LogP) is 3.77. The summed E-state index contributed by atoms with van der Waals surface area (Å²) in [6.07, 6.45) is 1.39. The molecule has 4 nitrogen and oxygen atoms in total. The molecular formula is C19H20FNO3. The average Bonchev–Trinajstić information content (AvgIpc) is 2.61. The van der Waals surface area contributed by atoms with Gasteiger partial charge >= 0.3 is 0 Å². The van der Waals surface area contributed by atoms with Crippen LogP contribution in [0, 0.1) is 11.7 Å². The van der Waals surface area contributed by atoms with Gasteiger partial charge in [-0.25, -0.2) is 4.39 Å². The normalized spacial score (nSPS) is 15.0. The van der Waals surface area contributed by atoms with Crippen molar-refractivity contribution in [2.24, 2.45) is 5.92 Å². The molecule has 1 aliphatic rings. The van der Waals surface area contributed by atoms with E-state index in [0.717, 1.165) is 5.56 Å². The lowest BCUT2D eigenvalue weighted by Gasteiger charge is -2.21. The largest absolute Gasteiger partial charge is 0.489 e. The number of hydrogen-bond donors (Lipinski definition) is 1. The number of nitrogens with one attached hydrogen (secondary N) is 1. The van der Waals surface area contributed by atoms with Crippen LogP contribution in [0.3, 0.4) is 0 Å². The Labute approximate surface area is 140 Å². The smallest absolute Gasteiger partial charge is 0.227 e. The minimum Gasteiger partial charge on any atom is -0.489 e. The number of ether oxygens (including phenoxy) is 2. The first-order valence-electron chi connectivity index (χ1n) is 8.06. The van der Waals surface area contributed by atoms with E-state index in [-0.39, 0.29) is 11.8 Å². The van der Waals surface area contributed by atoms with Gasteiger partial charge in [0.2, 0.25) is 5.91 Å². The highest BCUT2D eigenvalue weighted by molar-refractivity contribution is 5.92. The number of rotatable bonds is 5. The average molecular weight is 329 g/mol. The van der Waals surface area contributed by atoms with Crippen molar-refractivity contribution in [3.8, 4) is 5.75 Å². The highest BCUT2D eigenvalue weighted by atomic mass is 19.1. The third-order valence-corrected chi connectivity index (χ3v) is 3.98. The Morgan fingerprint density at radius 1 is 1.17 bits per heavy atom. The summed E-state index contributed by atoms with van der Waals surface area (Å²) in [6.45, 7) is 1.52. The highest BCUT2D eigenvalue weighted by Crippen LogP contribution is 2.23. The van der Waals surface area contributed by atoms with Gasteiger partial charge in [-0.3, -0.25) is 4.79 Å². The molecule has 0 atom stereocenters. The van der Waals surface area contributed by atoms with E-state index in [9.17, 15) is 9.18 Å². The molecule has 0 spiro atoms. The number of carbonyl (C=O) groups excluding carboxylic acids is 1. The number of hydrogen-bond acceptors (Lipinski definition) is 3. The second kappa shape index (κ2) is 7.93. The molecule has 0 aromatic heterocycles. The van der Waals surface area contributed by atoms with Crippen LogP contribution in [-0.2, 0) is 16.1 Å². The van der Waals surface area contributed by atoms with E-state index in [4.69, 9.17) is 9.47 Å². The molecule has 24 heavy (non-hydrogen) atoms. The second-order valence-corrected chi connectivity index (χ2v) is 5.83. The molecule has 0 radical (unpaired) electrons. The summed E-state index contributed by atoms with van der Waals surface area (Å²) < 4.78 is 24.7. The molecular weight excluding hydrogens is 309 g/mol. The van der Waals surface area contributed by atoms with Gasteiger partial charge < -0.3 is 14.8 Å². The lowest BCUT2D eigenvalue weighted by molar-refractivity contribution is -0.122. The molecule has 0 saturated carbocycles. The van der Waals surface area contributed by atoms with Gasteiger partial charge in [-0.2, -0.15) is 0 Å². The van der Waals surface area contributed by atoms with Gasteiger partial charge in [-0.05, 0) is 24.5 Å². The fourth-order valence-electron chi connectivity index (χ4n) is 2.66. The maximum Gasteiger partial charge on any atom is 0.227 e. The van der Waals surface area contributed by atoms with E-state index in [2.05, 4.69) is 5.32 Å². The molecule has 5 heteroatoms. The molecule has 0 unspecified atom stereocenters. The molecule has 1 saturated heterocycles. The van der Waals surface area contributed by atoms with Crippen LogP contribution >= 0.6 is 0 Å². The van der Waals surface area contributed by atoms with Gasteiger partial charge in [0, 0.05) is 37.0 Å². The second-order valence-electron chi connectivity index (χ2n) is 5.83. The Morgan fingerprint density at radius 2 is 1.92 bits per heavy atom. The minimum absolute atomic E-state index is 0.0873. The van der Waals surface area contributed by atoms with Gasteiger partial charge in [0.1, 0.15) is 18.2 Å². The lowest BCUT2D eigenvalue weighted by atomic mass is 9.99. The Balaban J connectivity index is 1.63. The van der Waals surface area contributed by atoms with Gasteiger partial charge in [-0.1, -0.05) is 30.3 Å². The third kappa shape index (κ3) is 4.55. The van der Waals surface area contributed by atoms with Crippen LogP contribution in [0.15, 0.2) is 48.5 Å². The van der Waals surface area contributed by atoms with Gasteiger partial charge in [-0.15, -0.1) is 0 Å². The van der Waals surface area contributed by atoms with Crippen molar-refractivity contribution in [2.45, 2.75) is 19.4 Å². The zero-order valence-corrected chi connectivity index (χ0v) is 13.3. The quantitative estimate of drug-likeness (QED) is 0.908. The molecule has 1 N–H and O–H groups in total. The molecule has 1 aliphatic heterocycles. The summed E-state index contributed by atoms with van der Waals surface area (Å²) in [5.41, 5.74) is 1.41. The maximum atomic E-state index is 13.8. The van der Waals surface area contributed by atoms with Gasteiger partial charge in [0.05, 0.1) is 0 Å². The molecule has 0 aliphatic carbocycles. The summed E-state index contributed by atoms with van der Waals surface area (Å²) >= 11 is 0. The van der Waals surface area contributed by atoms with Crippen LogP contribution in [0.4, 0.5) is 10.1 Å². The van der Waals surface area contributed by atoms with Crippen molar-refractivity contribution >= 4 is 11.6 Å². The van der Waals surface area contributed by atoms with Crippen LogP contribution in [0.2, 0.25) is 0 Å². The number of amides is 1. The molecule has 0 bridgehead atoms. The zero-order valence-electron chi connectivity index (χ0n) is 13.3. The molecule has 1 fully saturated rings. The summed E-state index contributed by atoms with van der Waals surface area (Å²) in [5.74, 6) is -0.238. The lowest BCUT2D eigenvalue weighted by Crippen LogP contribution is -2.28. The van der Waals surface area contributed by atoms with Crippen LogP contribution in [-0.4, -0.2) is 19.1 Å². The Kier molecular flexibility index (Phi) is 5.43. The van der Waals surface area contributed by atoms with Crippen molar-refractivity contribution in [3.05, 3.63) is 59.9 Å². The first kappa shape index (κ1) is 16.5. The fourth-order valence-corrected chi connectivity index (χ4v) is 2.66. The van der Waals surface area contributed by atoms with E-state index in [0.29, 0.717) is 44.1 Å². The summed E-state index contributed by atoms with van der Waals surface area (Å²) in [4.78, 5) is 12.2. The highest BCUT2D eigenvalue weighted by Gasteiger charge is 2.21. The van der Waals surface area contributed by atoms with Crippen molar-refractivity contribution < 1.29 is 18.7 Å². The molecule has 2 aromatic carbocycles. The van der Waals surface area contributed by atoms with Crippen molar-refractivity contribution in [1.29, 1.82) is 0 Å². The van der Waals surface area contributed by atoms with Crippen LogP contribution in [0.25, 0.3) is 0 Å². The monoisotopic (exact) mass is 329 g/mol. The van der Waals surface area contributed by atoms with Crippen molar-refractivity contribution in [3.63, 3.8) is 0 Å². The number of carbonyl (C=O) groups is 1.